The van der Waals surface area contributed by atoms with Crippen LogP contribution < -0.4 is 10.1 Å². The number of rotatable bonds is 6. The minimum Gasteiger partial charge on any atom is -0.493 e. The van der Waals surface area contributed by atoms with E-state index in [1.807, 2.05) is 61.7 Å². The van der Waals surface area contributed by atoms with Gasteiger partial charge in [-0.25, -0.2) is 4.98 Å². The van der Waals surface area contributed by atoms with E-state index in [9.17, 15) is 4.79 Å². The van der Waals surface area contributed by atoms with Crippen LogP contribution in [-0.2, 0) is 12.8 Å². The normalized spacial score (nSPS) is 10.8. The lowest BCUT2D eigenvalue weighted by molar-refractivity contribution is 0.102. The van der Waals surface area contributed by atoms with Crippen LogP contribution in [0.1, 0.15) is 34.2 Å². The molecule has 1 amide bonds. The number of hydrogen-bond acceptors (Lipinski definition) is 4. The minimum atomic E-state index is -0.190. The molecular weight excluding hydrogens is 364 g/mol. The second kappa shape index (κ2) is 8.14. The Morgan fingerprint density at radius 1 is 1.07 bits per heavy atom. The van der Waals surface area contributed by atoms with Crippen molar-refractivity contribution in [2.24, 2.45) is 0 Å². The highest BCUT2D eigenvalue weighted by Crippen LogP contribution is 2.23. The van der Waals surface area contributed by atoms with Crippen molar-refractivity contribution in [3.8, 4) is 5.75 Å². The number of aromatic nitrogens is 3. The number of methoxy groups -OCH3 is 1. The first-order valence-corrected chi connectivity index (χ1v) is 9.52. The molecule has 6 heteroatoms. The van der Waals surface area contributed by atoms with Crippen LogP contribution in [0, 0.1) is 0 Å². The molecule has 3 heterocycles. The van der Waals surface area contributed by atoms with Crippen LogP contribution in [0.2, 0.25) is 0 Å². The Morgan fingerprint density at radius 2 is 1.79 bits per heavy atom. The third-order valence-corrected chi connectivity index (χ3v) is 4.83. The Morgan fingerprint density at radius 3 is 2.48 bits per heavy atom. The largest absolute Gasteiger partial charge is 0.493 e. The first kappa shape index (κ1) is 18.7. The zero-order chi connectivity index (χ0) is 20.2. The van der Waals surface area contributed by atoms with Gasteiger partial charge >= 0.3 is 0 Å². The number of aryl methyl sites for hydroxylation is 1. The van der Waals surface area contributed by atoms with E-state index < -0.39 is 0 Å². The number of imidazole rings is 1. The van der Waals surface area contributed by atoms with Crippen LogP contribution in [0.5, 0.6) is 5.75 Å². The molecule has 0 fully saturated rings. The highest BCUT2D eigenvalue weighted by molar-refractivity contribution is 6.04. The van der Waals surface area contributed by atoms with Crippen LogP contribution in [0.25, 0.3) is 5.65 Å². The number of fused-ring (bicyclic) bond motifs is 1. The van der Waals surface area contributed by atoms with Crippen molar-refractivity contribution in [2.75, 3.05) is 12.4 Å². The number of pyridine rings is 2. The summed E-state index contributed by atoms with van der Waals surface area (Å²) in [5.74, 6) is 0.450. The van der Waals surface area contributed by atoms with Crippen LogP contribution in [0.4, 0.5) is 5.69 Å². The third kappa shape index (κ3) is 3.82. The van der Waals surface area contributed by atoms with Gasteiger partial charge in [0, 0.05) is 24.3 Å². The van der Waals surface area contributed by atoms with Gasteiger partial charge in [0.05, 0.1) is 12.8 Å². The fourth-order valence-corrected chi connectivity index (χ4v) is 3.37. The van der Waals surface area contributed by atoms with E-state index in [1.165, 1.54) is 11.1 Å². The summed E-state index contributed by atoms with van der Waals surface area (Å²) in [4.78, 5) is 21.7. The van der Waals surface area contributed by atoms with Gasteiger partial charge in [0.2, 0.25) is 0 Å². The molecule has 29 heavy (non-hydrogen) atoms. The number of anilines is 1. The van der Waals surface area contributed by atoms with Gasteiger partial charge < -0.3 is 10.1 Å². The summed E-state index contributed by atoms with van der Waals surface area (Å²) < 4.78 is 7.16. The van der Waals surface area contributed by atoms with E-state index in [0.29, 0.717) is 23.5 Å². The molecule has 3 aromatic heterocycles. The standard InChI is InChI=1S/C23H22N4O2/c1-3-19-21(27-14-4-5-20(29-2)22(27)26-19)23(28)25-18-8-6-16(7-9-18)15-17-10-12-24-13-11-17/h4-14H,3,15H2,1-2H3,(H,25,28). The molecule has 6 nitrogen and oxygen atoms in total. The van der Waals surface area contributed by atoms with Crippen LogP contribution >= 0.6 is 0 Å². The van der Waals surface area contributed by atoms with Crippen molar-refractivity contribution < 1.29 is 9.53 Å². The molecule has 0 saturated carbocycles. The molecule has 0 spiro atoms. The fraction of sp³-hybridized carbons (Fsp3) is 0.174. The number of carbonyl (C=O) groups is 1. The molecule has 146 valence electrons. The Hall–Kier alpha value is -3.67. The number of benzene rings is 1. The third-order valence-electron chi connectivity index (χ3n) is 4.83. The quantitative estimate of drug-likeness (QED) is 0.541. The van der Waals surface area contributed by atoms with E-state index in [1.54, 1.807) is 23.9 Å². The molecule has 0 aliphatic heterocycles. The molecule has 1 aromatic carbocycles. The first-order valence-electron chi connectivity index (χ1n) is 9.52. The van der Waals surface area contributed by atoms with Crippen LogP contribution in [0.15, 0.2) is 67.1 Å². The Balaban J connectivity index is 1.56. The van der Waals surface area contributed by atoms with Crippen molar-refractivity contribution in [3.63, 3.8) is 0 Å². The summed E-state index contributed by atoms with van der Waals surface area (Å²) in [5, 5.41) is 2.99. The van der Waals surface area contributed by atoms with E-state index in [-0.39, 0.29) is 5.91 Å². The maximum atomic E-state index is 13.0. The molecule has 0 aliphatic rings. The fourth-order valence-electron chi connectivity index (χ4n) is 3.37. The predicted molar refractivity (Wildman–Crippen MR) is 113 cm³/mol. The molecule has 0 aliphatic carbocycles. The highest BCUT2D eigenvalue weighted by Gasteiger charge is 2.20. The average Bonchev–Trinajstić information content (AvgIpc) is 3.15. The summed E-state index contributed by atoms with van der Waals surface area (Å²) in [6.07, 6.45) is 6.89. The Bertz CT molecular complexity index is 1130. The molecule has 4 aromatic rings. The topological polar surface area (TPSA) is 68.5 Å². The van der Waals surface area contributed by atoms with Gasteiger partial charge in [-0.15, -0.1) is 0 Å². The zero-order valence-electron chi connectivity index (χ0n) is 16.4. The maximum absolute atomic E-state index is 13.0. The van der Waals surface area contributed by atoms with Crippen molar-refractivity contribution in [1.82, 2.24) is 14.4 Å². The number of nitrogens with zero attached hydrogens (tertiary/aromatic N) is 3. The van der Waals surface area contributed by atoms with Crippen molar-refractivity contribution in [3.05, 3.63) is 89.6 Å². The van der Waals surface area contributed by atoms with E-state index in [4.69, 9.17) is 4.74 Å². The molecule has 0 atom stereocenters. The summed E-state index contributed by atoms with van der Waals surface area (Å²) in [6.45, 7) is 1.99. The van der Waals surface area contributed by atoms with Crippen molar-refractivity contribution >= 4 is 17.2 Å². The Kier molecular flexibility index (Phi) is 5.24. The van der Waals surface area contributed by atoms with Crippen LogP contribution in [-0.4, -0.2) is 27.4 Å². The number of hydrogen-bond donors (Lipinski definition) is 1. The molecule has 0 radical (unpaired) electrons. The van der Waals surface area contributed by atoms with Gasteiger partial charge in [-0.1, -0.05) is 19.1 Å². The van der Waals surface area contributed by atoms with E-state index in [2.05, 4.69) is 15.3 Å². The van der Waals surface area contributed by atoms with Crippen molar-refractivity contribution in [2.45, 2.75) is 19.8 Å². The second-order valence-electron chi connectivity index (χ2n) is 6.71. The first-order chi connectivity index (χ1) is 14.2. The number of amides is 1. The van der Waals surface area contributed by atoms with Gasteiger partial charge in [-0.3, -0.25) is 14.2 Å². The van der Waals surface area contributed by atoms with E-state index in [0.717, 1.165) is 17.8 Å². The summed E-state index contributed by atoms with van der Waals surface area (Å²) >= 11 is 0. The highest BCUT2D eigenvalue weighted by atomic mass is 16.5. The number of ether oxygens (including phenoxy) is 1. The van der Waals surface area contributed by atoms with E-state index >= 15 is 0 Å². The minimum absolute atomic E-state index is 0.190. The SMILES string of the molecule is CCc1nc2c(OC)cccn2c1C(=O)Nc1ccc(Cc2ccncc2)cc1. The maximum Gasteiger partial charge on any atom is 0.274 e. The molecule has 4 rings (SSSR count). The van der Waals surface area contributed by atoms with Crippen LogP contribution in [0.3, 0.4) is 0 Å². The van der Waals surface area contributed by atoms with Crippen molar-refractivity contribution in [1.29, 1.82) is 0 Å². The molecule has 1 N–H and O–H groups in total. The monoisotopic (exact) mass is 386 g/mol. The molecular formula is C23H22N4O2. The predicted octanol–water partition coefficient (Wildman–Crippen LogP) is 4.14. The smallest absolute Gasteiger partial charge is 0.274 e. The van der Waals surface area contributed by atoms with Gasteiger partial charge in [-0.05, 0) is 60.4 Å². The number of carbonyl (C=O) groups excluding carboxylic acids is 1. The zero-order valence-corrected chi connectivity index (χ0v) is 16.4. The molecule has 0 bridgehead atoms. The molecule has 0 saturated heterocycles. The van der Waals surface area contributed by atoms with Gasteiger partial charge in [0.25, 0.3) is 5.91 Å². The van der Waals surface area contributed by atoms with Gasteiger partial charge in [0.15, 0.2) is 11.4 Å². The second-order valence-corrected chi connectivity index (χ2v) is 6.71. The summed E-state index contributed by atoms with van der Waals surface area (Å²) in [5.41, 5.74) is 5.02. The lowest BCUT2D eigenvalue weighted by atomic mass is 10.1. The Labute approximate surface area is 169 Å². The lowest BCUT2D eigenvalue weighted by Gasteiger charge is -2.08. The number of nitrogens with one attached hydrogen (secondary N) is 1. The average molecular weight is 386 g/mol. The lowest BCUT2D eigenvalue weighted by Crippen LogP contribution is -2.16. The summed E-state index contributed by atoms with van der Waals surface area (Å²) in [6, 6.07) is 15.6. The van der Waals surface area contributed by atoms with Gasteiger partial charge in [0.1, 0.15) is 5.69 Å². The summed E-state index contributed by atoms with van der Waals surface area (Å²) in [7, 11) is 1.60. The molecule has 0 unspecified atom stereocenters. The van der Waals surface area contributed by atoms with Gasteiger partial charge in [-0.2, -0.15) is 0 Å².